The van der Waals surface area contributed by atoms with Crippen molar-refractivity contribution in [3.63, 3.8) is 0 Å². The molecule has 1 aromatic carbocycles. The summed E-state index contributed by atoms with van der Waals surface area (Å²) in [7, 11) is 3.52. The van der Waals surface area contributed by atoms with E-state index in [1.807, 2.05) is 31.3 Å². The smallest absolute Gasteiger partial charge is 0.193 e. The summed E-state index contributed by atoms with van der Waals surface area (Å²) in [5.74, 6) is 3.34. The maximum absolute atomic E-state index is 5.98. The molecule has 7 nitrogen and oxygen atoms in total. The number of likely N-dealkylation sites (tertiary alicyclic amines) is 1. The van der Waals surface area contributed by atoms with Crippen molar-refractivity contribution < 1.29 is 14.2 Å². The van der Waals surface area contributed by atoms with E-state index in [4.69, 9.17) is 14.2 Å². The lowest BCUT2D eigenvalue weighted by Crippen LogP contribution is -2.44. The number of aliphatic imine (C=N–C) groups is 1. The number of methoxy groups -OCH3 is 1. The number of nitrogens with zero attached hydrogens (tertiary/aromatic N) is 3. The summed E-state index contributed by atoms with van der Waals surface area (Å²) in [4.78, 5) is 9.37. The van der Waals surface area contributed by atoms with E-state index in [0.29, 0.717) is 12.5 Å². The molecule has 8 heteroatoms. The predicted molar refractivity (Wildman–Crippen MR) is 127 cm³/mol. The molecule has 1 aromatic rings. The summed E-state index contributed by atoms with van der Waals surface area (Å²) in [5.41, 5.74) is 0. The van der Waals surface area contributed by atoms with Crippen LogP contribution in [-0.2, 0) is 4.74 Å². The molecule has 0 amide bonds. The maximum atomic E-state index is 5.98. The van der Waals surface area contributed by atoms with Gasteiger partial charge in [-0.15, -0.1) is 24.0 Å². The van der Waals surface area contributed by atoms with E-state index in [1.54, 1.807) is 7.11 Å². The van der Waals surface area contributed by atoms with Crippen molar-refractivity contribution in [3.05, 3.63) is 24.3 Å². The van der Waals surface area contributed by atoms with Crippen molar-refractivity contribution in [2.45, 2.75) is 19.4 Å². The second kappa shape index (κ2) is 12.4. The highest BCUT2D eigenvalue weighted by Gasteiger charge is 2.27. The molecule has 0 saturated carbocycles. The fraction of sp³-hybridized carbons (Fsp3) is 0.667. The molecule has 2 aliphatic heterocycles. The van der Waals surface area contributed by atoms with Gasteiger partial charge in [0.25, 0.3) is 0 Å². The topological polar surface area (TPSA) is 58.6 Å². The minimum atomic E-state index is 0. The standard InChI is InChI=1S/C21H34N4O3.HI/c1-17(28-20-6-4-19(26-3)5-7-20)14-23-21(22-2)25-9-8-18(16-25)15-24-10-12-27-13-11-24;/h4-7,17-18H,8-16H2,1-3H3,(H,22,23);1H. The summed E-state index contributed by atoms with van der Waals surface area (Å²) in [5, 5.41) is 3.47. The molecule has 2 unspecified atom stereocenters. The van der Waals surface area contributed by atoms with Crippen molar-refractivity contribution >= 4 is 29.9 Å². The zero-order valence-electron chi connectivity index (χ0n) is 17.8. The maximum Gasteiger partial charge on any atom is 0.193 e. The highest BCUT2D eigenvalue weighted by atomic mass is 127. The SMILES string of the molecule is CN=C(NCC(C)Oc1ccc(OC)cc1)N1CCC(CN2CCOCC2)C1.I. The van der Waals surface area contributed by atoms with Gasteiger partial charge in [0.15, 0.2) is 5.96 Å². The van der Waals surface area contributed by atoms with Gasteiger partial charge < -0.3 is 24.4 Å². The quantitative estimate of drug-likeness (QED) is 0.340. The number of halogens is 1. The molecule has 0 bridgehead atoms. The van der Waals surface area contributed by atoms with Crippen LogP contribution in [0, 0.1) is 5.92 Å². The summed E-state index contributed by atoms with van der Waals surface area (Å²) in [6, 6.07) is 7.68. The van der Waals surface area contributed by atoms with Gasteiger partial charge in [-0.3, -0.25) is 9.89 Å². The third-order valence-corrected chi connectivity index (χ3v) is 5.36. The van der Waals surface area contributed by atoms with Gasteiger partial charge in [0.1, 0.15) is 17.6 Å². The normalized spacial score (nSPS) is 21.4. The van der Waals surface area contributed by atoms with Gasteiger partial charge in [0.05, 0.1) is 26.9 Å². The first kappa shape index (κ1) is 24.0. The average Bonchev–Trinajstić information content (AvgIpc) is 3.18. The van der Waals surface area contributed by atoms with E-state index < -0.39 is 0 Å². The summed E-state index contributed by atoms with van der Waals surface area (Å²) >= 11 is 0. The lowest BCUT2D eigenvalue weighted by atomic mass is 10.1. The molecule has 0 radical (unpaired) electrons. The van der Waals surface area contributed by atoms with E-state index in [-0.39, 0.29) is 30.1 Å². The van der Waals surface area contributed by atoms with Gasteiger partial charge in [-0.1, -0.05) is 0 Å². The van der Waals surface area contributed by atoms with E-state index in [0.717, 1.165) is 63.4 Å². The fourth-order valence-corrected chi connectivity index (χ4v) is 3.82. The first-order chi connectivity index (χ1) is 13.7. The summed E-state index contributed by atoms with van der Waals surface area (Å²) in [6.07, 6.45) is 1.26. The second-order valence-electron chi connectivity index (χ2n) is 7.55. The molecule has 1 N–H and O–H groups in total. The Balaban J connectivity index is 0.00000300. The lowest BCUT2D eigenvalue weighted by Gasteiger charge is -2.29. The average molecular weight is 518 g/mol. The molecule has 29 heavy (non-hydrogen) atoms. The van der Waals surface area contributed by atoms with Crippen LogP contribution in [-0.4, -0.2) is 88.5 Å². The molecule has 164 valence electrons. The van der Waals surface area contributed by atoms with Crippen LogP contribution in [0.3, 0.4) is 0 Å². The Labute approximate surface area is 191 Å². The van der Waals surface area contributed by atoms with Crippen molar-refractivity contribution in [2.75, 3.05) is 66.6 Å². The highest BCUT2D eigenvalue weighted by Crippen LogP contribution is 2.19. The molecule has 3 rings (SSSR count). The number of ether oxygens (including phenoxy) is 3. The molecule has 0 aliphatic carbocycles. The van der Waals surface area contributed by atoms with E-state index in [9.17, 15) is 0 Å². The zero-order valence-corrected chi connectivity index (χ0v) is 20.1. The Morgan fingerprint density at radius 1 is 1.21 bits per heavy atom. The van der Waals surface area contributed by atoms with Crippen molar-refractivity contribution in [2.24, 2.45) is 10.9 Å². The van der Waals surface area contributed by atoms with Gasteiger partial charge in [0, 0.05) is 39.8 Å². The highest BCUT2D eigenvalue weighted by molar-refractivity contribution is 14.0. The monoisotopic (exact) mass is 518 g/mol. The van der Waals surface area contributed by atoms with Crippen molar-refractivity contribution in [3.8, 4) is 11.5 Å². The number of guanidine groups is 1. The Hall–Kier alpha value is -1.26. The number of morpholine rings is 1. The molecule has 0 aromatic heterocycles. The molecule has 2 heterocycles. The predicted octanol–water partition coefficient (Wildman–Crippen LogP) is 2.31. The zero-order chi connectivity index (χ0) is 19.8. The minimum Gasteiger partial charge on any atom is -0.497 e. The van der Waals surface area contributed by atoms with Gasteiger partial charge in [0.2, 0.25) is 0 Å². The van der Waals surface area contributed by atoms with Gasteiger partial charge in [-0.05, 0) is 43.5 Å². The number of benzene rings is 1. The van der Waals surface area contributed by atoms with Crippen LogP contribution in [0.25, 0.3) is 0 Å². The van der Waals surface area contributed by atoms with Crippen LogP contribution in [0.15, 0.2) is 29.3 Å². The van der Waals surface area contributed by atoms with Crippen LogP contribution < -0.4 is 14.8 Å². The first-order valence-corrected chi connectivity index (χ1v) is 10.2. The van der Waals surface area contributed by atoms with Crippen molar-refractivity contribution in [1.29, 1.82) is 0 Å². The van der Waals surface area contributed by atoms with Gasteiger partial charge >= 0.3 is 0 Å². The second-order valence-corrected chi connectivity index (χ2v) is 7.55. The van der Waals surface area contributed by atoms with Crippen LogP contribution in [0.1, 0.15) is 13.3 Å². The molecule has 2 saturated heterocycles. The first-order valence-electron chi connectivity index (χ1n) is 10.2. The largest absolute Gasteiger partial charge is 0.497 e. The molecular weight excluding hydrogens is 483 g/mol. The molecule has 2 fully saturated rings. The minimum absolute atomic E-state index is 0. The third-order valence-electron chi connectivity index (χ3n) is 5.36. The number of nitrogens with one attached hydrogen (secondary N) is 1. The molecule has 2 aliphatic rings. The van der Waals surface area contributed by atoms with Crippen LogP contribution >= 0.6 is 24.0 Å². The summed E-state index contributed by atoms with van der Waals surface area (Å²) in [6.45, 7) is 9.91. The molecular formula is C21H35IN4O3. The Morgan fingerprint density at radius 2 is 1.90 bits per heavy atom. The Kier molecular flexibility index (Phi) is 10.3. The lowest BCUT2D eigenvalue weighted by molar-refractivity contribution is 0.0315. The van der Waals surface area contributed by atoms with E-state index in [2.05, 4.69) is 27.0 Å². The van der Waals surface area contributed by atoms with Crippen LogP contribution in [0.2, 0.25) is 0 Å². The summed E-state index contributed by atoms with van der Waals surface area (Å²) < 4.78 is 16.6. The van der Waals surface area contributed by atoms with Crippen molar-refractivity contribution in [1.82, 2.24) is 15.1 Å². The van der Waals surface area contributed by atoms with Gasteiger partial charge in [-0.2, -0.15) is 0 Å². The number of hydrogen-bond donors (Lipinski definition) is 1. The van der Waals surface area contributed by atoms with E-state index >= 15 is 0 Å². The number of hydrogen-bond acceptors (Lipinski definition) is 5. The van der Waals surface area contributed by atoms with Crippen LogP contribution in [0.5, 0.6) is 11.5 Å². The third kappa shape index (κ3) is 7.49. The van der Waals surface area contributed by atoms with Crippen LogP contribution in [0.4, 0.5) is 0 Å². The fourth-order valence-electron chi connectivity index (χ4n) is 3.82. The van der Waals surface area contributed by atoms with Gasteiger partial charge in [-0.25, -0.2) is 0 Å². The molecule has 0 spiro atoms. The Bertz CT molecular complexity index is 623. The molecule has 2 atom stereocenters. The van der Waals surface area contributed by atoms with E-state index in [1.165, 1.54) is 6.42 Å². The Morgan fingerprint density at radius 3 is 2.55 bits per heavy atom. The number of rotatable bonds is 7.